The number of carbonyl (C=O) groups is 1. The summed E-state index contributed by atoms with van der Waals surface area (Å²) in [4.78, 5) is 11.5. The highest BCUT2D eigenvalue weighted by atomic mass is 35.5. The quantitative estimate of drug-likeness (QED) is 0.342. The smallest absolute Gasteiger partial charge is 0.343 e. The molecule has 0 heterocycles. The van der Waals surface area contributed by atoms with Crippen molar-refractivity contribution in [3.05, 3.63) is 42.2 Å². The zero-order valence-corrected chi connectivity index (χ0v) is 9.03. The van der Waals surface area contributed by atoms with Crippen LogP contribution >= 0.6 is 11.6 Å². The number of benzene rings is 1. The number of ether oxygens (including phenoxy) is 2. The summed E-state index contributed by atoms with van der Waals surface area (Å²) in [5, 5.41) is 0. The molecule has 0 N–H and O–H groups in total. The maximum atomic E-state index is 11.5. The number of carbonyl (C=O) groups excluding carboxylic acids is 1. The predicted molar refractivity (Wildman–Crippen MR) is 58.2 cm³/mol. The number of halogens is 1. The molecule has 0 unspecified atom stereocenters. The first-order valence-electron chi connectivity index (χ1n) is 4.31. The first-order chi connectivity index (χ1) is 7.29. The first kappa shape index (κ1) is 11.6. The molecule has 3 nitrogen and oxygen atoms in total. The average Bonchev–Trinajstić information content (AvgIpc) is 2.27. The topological polar surface area (TPSA) is 35.5 Å². The van der Waals surface area contributed by atoms with E-state index in [4.69, 9.17) is 16.3 Å². The number of rotatable bonds is 4. The second-order valence-electron chi connectivity index (χ2n) is 2.67. The summed E-state index contributed by atoms with van der Waals surface area (Å²) in [5.74, 6) is -0.502. The molecule has 0 aromatic heterocycles. The Balaban J connectivity index is 2.94. The van der Waals surface area contributed by atoms with E-state index in [2.05, 4.69) is 4.74 Å². The number of alkyl halides is 1. The zero-order chi connectivity index (χ0) is 11.1. The van der Waals surface area contributed by atoms with E-state index < -0.39 is 5.97 Å². The molecule has 0 fully saturated rings. The predicted octanol–water partition coefficient (Wildman–Crippen LogP) is 2.41. The van der Waals surface area contributed by atoms with Crippen molar-refractivity contribution in [3.63, 3.8) is 0 Å². The monoisotopic (exact) mass is 226 g/mol. The Bertz CT molecular complexity index is 346. The van der Waals surface area contributed by atoms with Crippen molar-refractivity contribution < 1.29 is 14.3 Å². The molecule has 0 saturated carbocycles. The van der Waals surface area contributed by atoms with Gasteiger partial charge in [0.05, 0.1) is 13.4 Å². The number of methoxy groups -OCH3 is 1. The van der Waals surface area contributed by atoms with Crippen molar-refractivity contribution in [3.8, 4) is 0 Å². The van der Waals surface area contributed by atoms with E-state index in [1.54, 1.807) is 12.1 Å². The Morgan fingerprint density at radius 3 is 2.60 bits per heavy atom. The van der Waals surface area contributed by atoms with E-state index in [-0.39, 0.29) is 6.07 Å². The van der Waals surface area contributed by atoms with Crippen LogP contribution in [0.15, 0.2) is 36.6 Å². The largest absolute Gasteiger partial charge is 0.503 e. The van der Waals surface area contributed by atoms with E-state index in [1.165, 1.54) is 13.4 Å². The number of hydrogen-bond donors (Lipinski definition) is 0. The van der Waals surface area contributed by atoms with Crippen molar-refractivity contribution in [1.29, 1.82) is 0 Å². The Hall–Kier alpha value is -1.48. The molecule has 80 valence electrons. The Labute approximate surface area is 93.3 Å². The third-order valence-electron chi connectivity index (χ3n) is 1.73. The molecule has 1 aromatic carbocycles. The van der Waals surface area contributed by atoms with Crippen LogP contribution in [0.5, 0.6) is 0 Å². The minimum Gasteiger partial charge on any atom is -0.503 e. The normalized spacial score (nSPS) is 10.9. The van der Waals surface area contributed by atoms with Crippen molar-refractivity contribution in [1.82, 2.24) is 0 Å². The van der Waals surface area contributed by atoms with Crippen molar-refractivity contribution in [2.24, 2.45) is 0 Å². The summed E-state index contributed by atoms with van der Waals surface area (Å²) >= 11 is 5.32. The molecule has 0 amide bonds. The summed E-state index contributed by atoms with van der Waals surface area (Å²) in [5.41, 5.74) is 1.08. The third-order valence-corrected chi connectivity index (χ3v) is 1.84. The highest BCUT2D eigenvalue weighted by molar-refractivity contribution is 6.20. The lowest BCUT2D eigenvalue weighted by molar-refractivity contribution is -0.134. The van der Waals surface area contributed by atoms with Gasteiger partial charge in [0, 0.05) is 0 Å². The maximum absolute atomic E-state index is 11.5. The summed E-state index contributed by atoms with van der Waals surface area (Å²) in [7, 11) is 1.47. The van der Waals surface area contributed by atoms with Gasteiger partial charge in [0.2, 0.25) is 0 Å². The van der Waals surface area contributed by atoms with E-state index in [1.807, 2.05) is 18.2 Å². The van der Waals surface area contributed by atoms with Crippen LogP contribution < -0.4 is 0 Å². The van der Waals surface area contributed by atoms with Gasteiger partial charge in [-0.1, -0.05) is 41.9 Å². The minimum atomic E-state index is -0.502. The molecule has 0 bridgehead atoms. The van der Waals surface area contributed by atoms with Gasteiger partial charge < -0.3 is 9.47 Å². The van der Waals surface area contributed by atoms with Crippen LogP contribution in [0, 0.1) is 0 Å². The van der Waals surface area contributed by atoms with Gasteiger partial charge in [-0.25, -0.2) is 4.79 Å². The fourth-order valence-electron chi connectivity index (χ4n) is 1.10. The molecule has 15 heavy (non-hydrogen) atoms. The van der Waals surface area contributed by atoms with Crippen molar-refractivity contribution in [2.75, 3.05) is 13.2 Å². The Morgan fingerprint density at radius 1 is 1.40 bits per heavy atom. The van der Waals surface area contributed by atoms with Gasteiger partial charge in [-0.05, 0) is 5.56 Å². The SMILES string of the molecule is COC=C(C(=O)OCCl)c1ccccc1. The van der Waals surface area contributed by atoms with Gasteiger partial charge in [0.25, 0.3) is 0 Å². The van der Waals surface area contributed by atoms with Crippen LogP contribution in [0.25, 0.3) is 5.57 Å². The lowest BCUT2D eigenvalue weighted by Gasteiger charge is -2.05. The molecule has 0 radical (unpaired) electrons. The first-order valence-corrected chi connectivity index (χ1v) is 4.84. The van der Waals surface area contributed by atoms with Gasteiger partial charge >= 0.3 is 5.97 Å². The van der Waals surface area contributed by atoms with E-state index >= 15 is 0 Å². The molecular weight excluding hydrogens is 216 g/mol. The second kappa shape index (κ2) is 6.09. The van der Waals surface area contributed by atoms with Crippen LogP contribution in [-0.4, -0.2) is 19.1 Å². The molecular formula is C11H11ClO3. The summed E-state index contributed by atoms with van der Waals surface area (Å²) in [6.07, 6.45) is 1.34. The maximum Gasteiger partial charge on any atom is 0.343 e. The van der Waals surface area contributed by atoms with Crippen LogP contribution in [0.1, 0.15) is 5.56 Å². The standard InChI is InChI=1S/C11H11ClO3/c1-14-7-10(11(13)15-8-12)9-5-3-2-4-6-9/h2-7H,8H2,1H3. The van der Waals surface area contributed by atoms with E-state index in [9.17, 15) is 4.79 Å². The van der Waals surface area contributed by atoms with Crippen molar-refractivity contribution >= 4 is 23.1 Å². The molecule has 0 aliphatic rings. The van der Waals surface area contributed by atoms with Gasteiger partial charge in [-0.3, -0.25) is 0 Å². The lowest BCUT2D eigenvalue weighted by atomic mass is 10.1. The minimum absolute atomic E-state index is 0.174. The molecule has 0 saturated heterocycles. The van der Waals surface area contributed by atoms with Gasteiger partial charge in [0.1, 0.15) is 5.57 Å². The molecule has 1 aromatic rings. The molecule has 4 heteroatoms. The summed E-state index contributed by atoms with van der Waals surface area (Å²) < 4.78 is 9.51. The van der Waals surface area contributed by atoms with E-state index in [0.717, 1.165) is 5.56 Å². The second-order valence-corrected chi connectivity index (χ2v) is 2.89. The van der Waals surface area contributed by atoms with Gasteiger partial charge in [-0.15, -0.1) is 0 Å². The zero-order valence-electron chi connectivity index (χ0n) is 8.27. The fourth-order valence-corrected chi connectivity index (χ4v) is 1.20. The average molecular weight is 227 g/mol. The highest BCUT2D eigenvalue weighted by Gasteiger charge is 2.13. The number of esters is 1. The molecule has 0 aliphatic carbocycles. The Kier molecular flexibility index (Phi) is 4.71. The van der Waals surface area contributed by atoms with Gasteiger partial charge in [-0.2, -0.15) is 0 Å². The molecule has 0 aliphatic heterocycles. The Morgan fingerprint density at radius 2 is 2.07 bits per heavy atom. The molecule has 1 rings (SSSR count). The summed E-state index contributed by atoms with van der Waals surface area (Å²) in [6, 6.07) is 8.92. The third kappa shape index (κ3) is 3.29. The van der Waals surface area contributed by atoms with Crippen LogP contribution in [0.2, 0.25) is 0 Å². The lowest BCUT2D eigenvalue weighted by Crippen LogP contribution is -2.06. The van der Waals surface area contributed by atoms with Crippen LogP contribution in [-0.2, 0) is 14.3 Å². The van der Waals surface area contributed by atoms with Crippen LogP contribution in [0.4, 0.5) is 0 Å². The molecule has 0 atom stereocenters. The fraction of sp³-hybridized carbons (Fsp3) is 0.182. The van der Waals surface area contributed by atoms with Crippen LogP contribution in [0.3, 0.4) is 0 Å². The molecule has 0 spiro atoms. The number of hydrogen-bond acceptors (Lipinski definition) is 3. The van der Waals surface area contributed by atoms with Crippen molar-refractivity contribution in [2.45, 2.75) is 0 Å². The van der Waals surface area contributed by atoms with Gasteiger partial charge in [0.15, 0.2) is 6.07 Å². The van der Waals surface area contributed by atoms with E-state index in [0.29, 0.717) is 5.57 Å². The highest BCUT2D eigenvalue weighted by Crippen LogP contribution is 2.15. The summed E-state index contributed by atoms with van der Waals surface area (Å²) in [6.45, 7) is 0.